The van der Waals surface area contributed by atoms with Crippen LogP contribution >= 0.6 is 0 Å². The molecule has 1 aliphatic heterocycles. The summed E-state index contributed by atoms with van der Waals surface area (Å²) in [6.07, 6.45) is -3.49. The molecule has 1 fully saturated rings. The van der Waals surface area contributed by atoms with E-state index in [1.165, 1.54) is 13.2 Å². The smallest absolute Gasteiger partial charge is 0.417 e. The largest absolute Gasteiger partial charge is 0.467 e. The molecule has 0 saturated carbocycles. The molecule has 5 rings (SSSR count). The fourth-order valence-corrected chi connectivity index (χ4v) is 6.81. The number of benzene rings is 2. The Labute approximate surface area is 216 Å². The number of hydrogen-bond acceptors (Lipinski definition) is 7. The molecule has 2 aromatic heterocycles. The van der Waals surface area contributed by atoms with Crippen molar-refractivity contribution in [3.05, 3.63) is 78.1 Å². The number of esters is 1. The number of fused-ring (bicyclic) bond motifs is 1. The zero-order valence-corrected chi connectivity index (χ0v) is 21.2. The van der Waals surface area contributed by atoms with E-state index in [0.29, 0.717) is 22.7 Å². The molecule has 0 radical (unpaired) electrons. The van der Waals surface area contributed by atoms with E-state index >= 15 is 0 Å². The Bertz CT molecular complexity index is 1630. The number of para-hydroxylation sites is 1. The van der Waals surface area contributed by atoms with Crippen molar-refractivity contribution < 1.29 is 31.1 Å². The standard InChI is InChI=1S/C26H23F3N4O4S/c1-16-13-24(33(31-16)21-11-12-30-20-9-5-3-7-18(20)21)32-15-17(14-22(32)25(34)37-2)38(35,36)23-10-6-4-8-19(23)26(27,28)29/h3-13,17,22H,14-15H2,1-2H3. The Kier molecular flexibility index (Phi) is 6.38. The average molecular weight is 545 g/mol. The summed E-state index contributed by atoms with van der Waals surface area (Å²) in [5.74, 6) is -0.284. The lowest BCUT2D eigenvalue weighted by Gasteiger charge is -2.25. The van der Waals surface area contributed by atoms with E-state index in [-0.39, 0.29) is 13.0 Å². The zero-order valence-electron chi connectivity index (χ0n) is 20.4. The van der Waals surface area contributed by atoms with Gasteiger partial charge in [-0.3, -0.25) is 4.98 Å². The van der Waals surface area contributed by atoms with Gasteiger partial charge in [0.25, 0.3) is 0 Å². The summed E-state index contributed by atoms with van der Waals surface area (Å²) in [7, 11) is -3.30. The molecule has 1 aliphatic rings. The SMILES string of the molecule is COC(=O)C1CC(S(=O)(=O)c2ccccc2C(F)(F)F)CN1c1cc(C)nn1-c1ccnc2ccccc12. The van der Waals surface area contributed by atoms with Crippen molar-refractivity contribution in [3.63, 3.8) is 0 Å². The lowest BCUT2D eigenvalue weighted by atomic mass is 10.2. The molecule has 0 spiro atoms. The second-order valence-corrected chi connectivity index (χ2v) is 11.2. The minimum Gasteiger partial charge on any atom is -0.467 e. The van der Waals surface area contributed by atoms with Crippen LogP contribution in [0.4, 0.5) is 19.0 Å². The van der Waals surface area contributed by atoms with E-state index in [4.69, 9.17) is 4.74 Å². The van der Waals surface area contributed by atoms with Gasteiger partial charge in [-0.15, -0.1) is 0 Å². The molecule has 1 saturated heterocycles. The first-order valence-corrected chi connectivity index (χ1v) is 13.2. The first-order chi connectivity index (χ1) is 18.0. The predicted molar refractivity (Wildman–Crippen MR) is 134 cm³/mol. The summed E-state index contributed by atoms with van der Waals surface area (Å²) in [5, 5.41) is 4.06. The van der Waals surface area contributed by atoms with Gasteiger partial charge in [0.1, 0.15) is 11.9 Å². The van der Waals surface area contributed by atoms with Crippen molar-refractivity contribution in [2.75, 3.05) is 18.6 Å². The van der Waals surface area contributed by atoms with Crippen LogP contribution in [0.3, 0.4) is 0 Å². The van der Waals surface area contributed by atoms with Gasteiger partial charge in [-0.05, 0) is 37.6 Å². The first kappa shape index (κ1) is 25.7. The highest BCUT2D eigenvalue weighted by atomic mass is 32.2. The third-order valence-corrected chi connectivity index (χ3v) is 8.82. The summed E-state index contributed by atoms with van der Waals surface area (Å²) in [6.45, 7) is 1.52. The van der Waals surface area contributed by atoms with E-state index in [1.54, 1.807) is 34.8 Å². The normalized spacial score (nSPS) is 18.2. The first-order valence-electron chi connectivity index (χ1n) is 11.7. The van der Waals surface area contributed by atoms with Crippen molar-refractivity contribution in [2.45, 2.75) is 35.7 Å². The van der Waals surface area contributed by atoms with Crippen molar-refractivity contribution in [2.24, 2.45) is 0 Å². The number of nitrogens with zero attached hydrogens (tertiary/aromatic N) is 4. The van der Waals surface area contributed by atoms with Crippen molar-refractivity contribution >= 4 is 32.5 Å². The molecular formula is C26H23F3N4O4S. The zero-order chi connectivity index (χ0) is 27.2. The number of alkyl halides is 3. The van der Waals surface area contributed by atoms with Gasteiger partial charge in [0.15, 0.2) is 9.84 Å². The molecule has 38 heavy (non-hydrogen) atoms. The summed E-state index contributed by atoms with van der Waals surface area (Å²) >= 11 is 0. The second-order valence-electron chi connectivity index (χ2n) is 8.99. The van der Waals surface area contributed by atoms with Gasteiger partial charge in [0, 0.05) is 24.2 Å². The number of carbonyl (C=O) groups excluding carboxylic acids is 1. The van der Waals surface area contributed by atoms with Crippen molar-refractivity contribution in [1.82, 2.24) is 14.8 Å². The Morgan fingerprint density at radius 2 is 1.79 bits per heavy atom. The van der Waals surface area contributed by atoms with Crippen LogP contribution in [-0.4, -0.2) is 54.1 Å². The van der Waals surface area contributed by atoms with Crippen LogP contribution in [0.1, 0.15) is 17.7 Å². The van der Waals surface area contributed by atoms with E-state index < -0.39 is 43.7 Å². The molecule has 2 aromatic carbocycles. The summed E-state index contributed by atoms with van der Waals surface area (Å²) < 4.78 is 74.7. The summed E-state index contributed by atoms with van der Waals surface area (Å²) in [6, 6.07) is 13.9. The predicted octanol–water partition coefficient (Wildman–Crippen LogP) is 4.34. The van der Waals surface area contributed by atoms with Crippen molar-refractivity contribution in [1.29, 1.82) is 0 Å². The highest BCUT2D eigenvalue weighted by Gasteiger charge is 2.47. The van der Waals surface area contributed by atoms with E-state index in [2.05, 4.69) is 10.1 Å². The average Bonchev–Trinajstić information content (AvgIpc) is 3.51. The molecule has 0 N–H and O–H groups in total. The molecule has 8 nitrogen and oxygen atoms in total. The number of sulfone groups is 1. The summed E-state index contributed by atoms with van der Waals surface area (Å²) in [5.41, 5.74) is 0.714. The molecule has 4 aromatic rings. The molecule has 2 atom stereocenters. The highest BCUT2D eigenvalue weighted by molar-refractivity contribution is 7.92. The Morgan fingerprint density at radius 1 is 1.08 bits per heavy atom. The maximum Gasteiger partial charge on any atom is 0.417 e. The fourth-order valence-electron chi connectivity index (χ4n) is 4.90. The molecule has 12 heteroatoms. The molecule has 0 aliphatic carbocycles. The van der Waals surface area contributed by atoms with Crippen LogP contribution in [0.25, 0.3) is 16.6 Å². The van der Waals surface area contributed by atoms with E-state index in [9.17, 15) is 26.4 Å². The Hall–Kier alpha value is -3.93. The number of hydrogen-bond donors (Lipinski definition) is 0. The number of ether oxygens (including phenoxy) is 1. The highest BCUT2D eigenvalue weighted by Crippen LogP contribution is 2.39. The topological polar surface area (TPSA) is 94.4 Å². The monoisotopic (exact) mass is 544 g/mol. The van der Waals surface area contributed by atoms with E-state index in [1.807, 2.05) is 24.3 Å². The van der Waals surface area contributed by atoms with Crippen LogP contribution in [0.2, 0.25) is 0 Å². The number of carbonyl (C=O) groups is 1. The number of rotatable bonds is 5. The lowest BCUT2D eigenvalue weighted by molar-refractivity contribution is -0.142. The maximum atomic E-state index is 13.7. The van der Waals surface area contributed by atoms with Gasteiger partial charge in [-0.25, -0.2) is 17.9 Å². The number of aryl methyl sites for hydroxylation is 1. The quantitative estimate of drug-likeness (QED) is 0.345. The van der Waals surface area contributed by atoms with Crippen LogP contribution < -0.4 is 4.90 Å². The summed E-state index contributed by atoms with van der Waals surface area (Å²) in [4.78, 5) is 17.9. The van der Waals surface area contributed by atoms with Crippen LogP contribution in [0.15, 0.2) is 71.8 Å². The number of halogens is 3. The molecule has 3 heterocycles. The second kappa shape index (κ2) is 9.43. The number of anilines is 1. The molecule has 0 amide bonds. The maximum absolute atomic E-state index is 13.7. The number of methoxy groups -OCH3 is 1. The van der Waals surface area contributed by atoms with Gasteiger partial charge in [0.05, 0.1) is 39.7 Å². The molecular weight excluding hydrogens is 521 g/mol. The number of aromatic nitrogens is 3. The minimum atomic E-state index is -4.86. The molecule has 198 valence electrons. The third-order valence-electron chi connectivity index (χ3n) is 6.63. The fraction of sp³-hybridized carbons (Fsp3) is 0.269. The van der Waals surface area contributed by atoms with Crippen LogP contribution in [0, 0.1) is 6.92 Å². The van der Waals surface area contributed by atoms with Gasteiger partial charge >= 0.3 is 12.1 Å². The minimum absolute atomic E-state index is 0.234. The van der Waals surface area contributed by atoms with Gasteiger partial charge in [-0.2, -0.15) is 18.3 Å². The Balaban J connectivity index is 1.61. The van der Waals surface area contributed by atoms with Crippen LogP contribution in [-0.2, 0) is 25.5 Å². The van der Waals surface area contributed by atoms with Gasteiger partial charge in [0.2, 0.25) is 0 Å². The van der Waals surface area contributed by atoms with Gasteiger partial charge in [-0.1, -0.05) is 30.3 Å². The van der Waals surface area contributed by atoms with E-state index in [0.717, 1.165) is 23.6 Å². The van der Waals surface area contributed by atoms with Crippen LogP contribution in [0.5, 0.6) is 0 Å². The Morgan fingerprint density at radius 3 is 2.53 bits per heavy atom. The lowest BCUT2D eigenvalue weighted by Crippen LogP contribution is -2.38. The van der Waals surface area contributed by atoms with Crippen molar-refractivity contribution in [3.8, 4) is 5.69 Å². The molecule has 0 bridgehead atoms. The number of pyridine rings is 1. The molecule has 2 unspecified atom stereocenters. The van der Waals surface area contributed by atoms with Gasteiger partial charge < -0.3 is 9.64 Å². The third kappa shape index (κ3) is 4.38.